The number of benzene rings is 2. The summed E-state index contributed by atoms with van der Waals surface area (Å²) in [7, 11) is 1.58. The number of nitrogens with one attached hydrogen (secondary N) is 2. The van der Waals surface area contributed by atoms with E-state index >= 15 is 0 Å². The quantitative estimate of drug-likeness (QED) is 0.591. The van der Waals surface area contributed by atoms with Crippen LogP contribution in [0.4, 0.5) is 15.3 Å². The minimum Gasteiger partial charge on any atom is -0.495 e. The fourth-order valence-electron chi connectivity index (χ4n) is 5.24. The molecule has 2 aromatic carbocycles. The molecule has 9 nitrogen and oxygen atoms in total. The lowest BCUT2D eigenvalue weighted by atomic mass is 9.78. The fraction of sp³-hybridized carbons (Fsp3) is 0.464. The van der Waals surface area contributed by atoms with Gasteiger partial charge in [-0.1, -0.05) is 42.5 Å². The molecule has 4 amide bonds. The number of methoxy groups -OCH3 is 1. The SMILES string of the molecule is CCOC(=O)N[C@@H](Cc1ccccc1)C(=O)N1CCC2(CCN(C(=O)Nc3ccccc3OC)CC2)C1. The lowest BCUT2D eigenvalue weighted by Crippen LogP contribution is -2.50. The molecule has 2 saturated heterocycles. The first-order chi connectivity index (χ1) is 17.9. The number of piperidine rings is 1. The van der Waals surface area contributed by atoms with Gasteiger partial charge in [-0.25, -0.2) is 9.59 Å². The first kappa shape index (κ1) is 26.3. The summed E-state index contributed by atoms with van der Waals surface area (Å²) in [5, 5.41) is 5.71. The third kappa shape index (κ3) is 6.53. The van der Waals surface area contributed by atoms with Crippen LogP contribution in [0.1, 0.15) is 31.7 Å². The van der Waals surface area contributed by atoms with Gasteiger partial charge in [-0.2, -0.15) is 0 Å². The molecule has 0 aromatic heterocycles. The second kappa shape index (κ2) is 12.0. The summed E-state index contributed by atoms with van der Waals surface area (Å²) in [5.74, 6) is 0.529. The summed E-state index contributed by atoms with van der Waals surface area (Å²) >= 11 is 0. The molecule has 0 unspecified atom stereocenters. The molecule has 37 heavy (non-hydrogen) atoms. The average molecular weight is 509 g/mol. The van der Waals surface area contributed by atoms with E-state index in [1.54, 1.807) is 14.0 Å². The van der Waals surface area contributed by atoms with Crippen LogP contribution in [0.2, 0.25) is 0 Å². The summed E-state index contributed by atoms with van der Waals surface area (Å²) in [6, 6.07) is 16.2. The molecule has 0 aliphatic carbocycles. The predicted octanol–water partition coefficient (Wildman–Crippen LogP) is 3.90. The smallest absolute Gasteiger partial charge is 0.407 e. The number of alkyl carbamates (subject to hydrolysis) is 1. The van der Waals surface area contributed by atoms with Crippen molar-refractivity contribution < 1.29 is 23.9 Å². The van der Waals surface area contributed by atoms with Crippen molar-refractivity contribution in [3.63, 3.8) is 0 Å². The Bertz CT molecular complexity index is 1080. The molecule has 0 bridgehead atoms. The zero-order valence-corrected chi connectivity index (χ0v) is 21.6. The lowest BCUT2D eigenvalue weighted by molar-refractivity contribution is -0.132. The fourth-order valence-corrected chi connectivity index (χ4v) is 5.24. The van der Waals surface area contributed by atoms with Crippen LogP contribution < -0.4 is 15.4 Å². The van der Waals surface area contributed by atoms with E-state index in [-0.39, 0.29) is 24.0 Å². The Kier molecular flexibility index (Phi) is 8.53. The van der Waals surface area contributed by atoms with Crippen LogP contribution in [-0.4, -0.2) is 73.8 Å². The number of carbonyl (C=O) groups excluding carboxylic acids is 3. The normalized spacial score (nSPS) is 17.2. The maximum atomic E-state index is 13.5. The first-order valence-corrected chi connectivity index (χ1v) is 12.9. The minimum absolute atomic E-state index is 0.0158. The number of anilines is 1. The summed E-state index contributed by atoms with van der Waals surface area (Å²) in [5.41, 5.74) is 1.60. The van der Waals surface area contributed by atoms with E-state index in [9.17, 15) is 14.4 Å². The molecule has 2 aromatic rings. The number of ether oxygens (including phenoxy) is 2. The van der Waals surface area contributed by atoms with E-state index in [0.717, 1.165) is 24.8 Å². The second-order valence-electron chi connectivity index (χ2n) is 9.73. The number of hydrogen-bond donors (Lipinski definition) is 2. The maximum absolute atomic E-state index is 13.5. The highest BCUT2D eigenvalue weighted by Gasteiger charge is 2.44. The van der Waals surface area contributed by atoms with E-state index in [1.807, 2.05) is 64.4 Å². The van der Waals surface area contributed by atoms with Gasteiger partial charge in [-0.15, -0.1) is 0 Å². The topological polar surface area (TPSA) is 100 Å². The summed E-state index contributed by atoms with van der Waals surface area (Å²) in [6.45, 7) is 4.49. The first-order valence-electron chi connectivity index (χ1n) is 12.9. The van der Waals surface area contributed by atoms with Gasteiger partial charge in [0, 0.05) is 32.6 Å². The number of likely N-dealkylation sites (tertiary alicyclic amines) is 2. The maximum Gasteiger partial charge on any atom is 0.407 e. The zero-order chi connectivity index (χ0) is 26.3. The molecule has 9 heteroatoms. The summed E-state index contributed by atoms with van der Waals surface area (Å²) < 4.78 is 10.4. The van der Waals surface area contributed by atoms with Gasteiger partial charge in [0.05, 0.1) is 19.4 Å². The highest BCUT2D eigenvalue weighted by Crippen LogP contribution is 2.41. The van der Waals surface area contributed by atoms with Crippen molar-refractivity contribution >= 4 is 23.7 Å². The number of para-hydroxylation sites is 2. The van der Waals surface area contributed by atoms with E-state index in [1.165, 1.54) is 0 Å². The molecule has 2 fully saturated rings. The molecule has 2 N–H and O–H groups in total. The third-order valence-corrected chi connectivity index (χ3v) is 7.36. The van der Waals surface area contributed by atoms with Crippen molar-refractivity contribution in [3.05, 3.63) is 60.2 Å². The van der Waals surface area contributed by atoms with Crippen LogP contribution in [0.15, 0.2) is 54.6 Å². The van der Waals surface area contributed by atoms with Crippen LogP contribution in [0.5, 0.6) is 5.75 Å². The Morgan fingerprint density at radius 1 is 0.946 bits per heavy atom. The van der Waals surface area contributed by atoms with E-state index in [4.69, 9.17) is 9.47 Å². The molecule has 198 valence electrons. The molecule has 2 heterocycles. The van der Waals surface area contributed by atoms with Crippen molar-refractivity contribution in [2.45, 2.75) is 38.6 Å². The monoisotopic (exact) mass is 508 g/mol. The van der Waals surface area contributed by atoms with Crippen molar-refractivity contribution in [2.24, 2.45) is 5.41 Å². The van der Waals surface area contributed by atoms with Crippen LogP contribution >= 0.6 is 0 Å². The van der Waals surface area contributed by atoms with Crippen molar-refractivity contribution in [2.75, 3.05) is 45.2 Å². The number of urea groups is 1. The molecule has 1 spiro atoms. The number of amides is 4. The van der Waals surface area contributed by atoms with E-state index < -0.39 is 12.1 Å². The van der Waals surface area contributed by atoms with Gasteiger partial charge < -0.3 is 29.9 Å². The van der Waals surface area contributed by atoms with Gasteiger partial charge in [0.1, 0.15) is 11.8 Å². The van der Waals surface area contributed by atoms with Gasteiger partial charge in [-0.3, -0.25) is 4.79 Å². The van der Waals surface area contributed by atoms with Crippen LogP contribution in [0.25, 0.3) is 0 Å². The Labute approximate surface area is 218 Å². The number of hydrogen-bond acceptors (Lipinski definition) is 5. The Hall–Kier alpha value is -3.75. The summed E-state index contributed by atoms with van der Waals surface area (Å²) in [6.07, 6.45) is 2.35. The van der Waals surface area contributed by atoms with Crippen molar-refractivity contribution in [3.8, 4) is 5.75 Å². The Morgan fingerprint density at radius 3 is 2.27 bits per heavy atom. The lowest BCUT2D eigenvalue weighted by Gasteiger charge is -2.39. The molecule has 0 saturated carbocycles. The third-order valence-electron chi connectivity index (χ3n) is 7.36. The molecule has 1 atom stereocenters. The summed E-state index contributed by atoms with van der Waals surface area (Å²) in [4.78, 5) is 42.3. The number of nitrogens with zero attached hydrogens (tertiary/aromatic N) is 2. The van der Waals surface area contributed by atoms with E-state index in [2.05, 4.69) is 10.6 Å². The van der Waals surface area contributed by atoms with Crippen molar-refractivity contribution in [1.29, 1.82) is 0 Å². The predicted molar refractivity (Wildman–Crippen MR) is 141 cm³/mol. The number of carbonyl (C=O) groups is 3. The van der Waals surface area contributed by atoms with Gasteiger partial charge in [0.15, 0.2) is 0 Å². The van der Waals surface area contributed by atoms with Gasteiger partial charge in [0.2, 0.25) is 5.91 Å². The molecule has 2 aliphatic rings. The van der Waals surface area contributed by atoms with Crippen LogP contribution in [0, 0.1) is 5.41 Å². The van der Waals surface area contributed by atoms with E-state index in [0.29, 0.717) is 44.0 Å². The zero-order valence-electron chi connectivity index (χ0n) is 21.6. The van der Waals surface area contributed by atoms with Crippen molar-refractivity contribution in [1.82, 2.24) is 15.1 Å². The number of rotatable bonds is 7. The molecular weight excluding hydrogens is 472 g/mol. The Balaban J connectivity index is 1.35. The Morgan fingerprint density at radius 2 is 1.59 bits per heavy atom. The molecular formula is C28H36N4O5. The van der Waals surface area contributed by atoms with Gasteiger partial charge in [-0.05, 0) is 49.3 Å². The van der Waals surface area contributed by atoms with Crippen LogP contribution in [0.3, 0.4) is 0 Å². The average Bonchev–Trinajstić information content (AvgIpc) is 3.32. The van der Waals surface area contributed by atoms with Gasteiger partial charge >= 0.3 is 12.1 Å². The highest BCUT2D eigenvalue weighted by atomic mass is 16.5. The molecule has 0 radical (unpaired) electrons. The molecule has 4 rings (SSSR count). The largest absolute Gasteiger partial charge is 0.495 e. The van der Waals surface area contributed by atoms with Gasteiger partial charge in [0.25, 0.3) is 0 Å². The molecule has 2 aliphatic heterocycles. The second-order valence-corrected chi connectivity index (χ2v) is 9.73. The standard InChI is InChI=1S/C28H36N4O5/c1-3-37-27(35)30-23(19-21-9-5-4-6-10-21)25(33)32-18-15-28(20-32)13-16-31(17-14-28)26(34)29-22-11-7-8-12-24(22)36-2/h4-12,23H,3,13-20H2,1-2H3,(H,29,34)(H,30,35)/t23-/m0/s1. The van der Waals surface area contributed by atoms with Crippen LogP contribution in [-0.2, 0) is 16.0 Å². The minimum atomic E-state index is -0.691. The highest BCUT2D eigenvalue weighted by molar-refractivity contribution is 5.91.